The van der Waals surface area contributed by atoms with Crippen LogP contribution in [-0.2, 0) is 4.79 Å². The van der Waals surface area contributed by atoms with Crippen LogP contribution in [0.5, 0.6) is 11.6 Å². The van der Waals surface area contributed by atoms with Gasteiger partial charge in [-0.2, -0.15) is 0 Å². The number of carbonyl (C=O) groups is 2. The second kappa shape index (κ2) is 9.58. The lowest BCUT2D eigenvalue weighted by Crippen LogP contribution is -2.38. The Hall–Kier alpha value is -3.46. The van der Waals surface area contributed by atoms with Gasteiger partial charge in [-0.25, -0.2) is 10.0 Å². The molecule has 33 heavy (non-hydrogen) atoms. The molecule has 176 valence electrons. The SMILES string of the molecule is COc1ccc(C(C(=O)Nc2ccc(S(C)(C)C)cc2)N(C)C(=O)c2cc(O)no2)cc1C. The van der Waals surface area contributed by atoms with Crippen LogP contribution in [0.25, 0.3) is 0 Å². The molecule has 9 heteroatoms. The minimum Gasteiger partial charge on any atom is -0.496 e. The van der Waals surface area contributed by atoms with Gasteiger partial charge in [0.1, 0.15) is 11.8 Å². The molecule has 2 amide bonds. The molecule has 0 saturated carbocycles. The maximum atomic E-state index is 13.4. The van der Waals surface area contributed by atoms with Gasteiger partial charge in [0.15, 0.2) is 0 Å². The number of amides is 2. The fourth-order valence-corrected chi connectivity index (χ4v) is 4.39. The normalized spacial score (nSPS) is 12.7. The lowest BCUT2D eigenvalue weighted by atomic mass is 10.0. The maximum Gasteiger partial charge on any atom is 0.293 e. The number of hydrogen-bond acceptors (Lipinski definition) is 6. The highest BCUT2D eigenvalue weighted by Gasteiger charge is 2.32. The number of nitrogens with zero attached hydrogens (tertiary/aromatic N) is 2. The van der Waals surface area contributed by atoms with Crippen molar-refractivity contribution in [3.05, 3.63) is 65.4 Å². The molecule has 2 aromatic carbocycles. The van der Waals surface area contributed by atoms with E-state index in [-0.39, 0.29) is 5.76 Å². The summed E-state index contributed by atoms with van der Waals surface area (Å²) in [6, 6.07) is 13.2. The summed E-state index contributed by atoms with van der Waals surface area (Å²) < 4.78 is 10.2. The third-order valence-corrected chi connectivity index (χ3v) is 6.91. The molecular formula is C24H29N3O5S. The number of aromatic nitrogens is 1. The Kier molecular flexibility index (Phi) is 7.02. The number of likely N-dealkylation sites (N-methyl/N-ethyl adjacent to an activating group) is 1. The number of nitrogens with one attached hydrogen (secondary N) is 1. The van der Waals surface area contributed by atoms with Gasteiger partial charge in [-0.1, -0.05) is 6.07 Å². The van der Waals surface area contributed by atoms with Crippen LogP contribution in [0, 0.1) is 6.92 Å². The van der Waals surface area contributed by atoms with Gasteiger partial charge >= 0.3 is 0 Å². The Balaban J connectivity index is 1.94. The minimum absolute atomic E-state index is 0.171. The topological polar surface area (TPSA) is 105 Å². The van der Waals surface area contributed by atoms with Gasteiger partial charge in [0.05, 0.1) is 13.2 Å². The van der Waals surface area contributed by atoms with E-state index in [1.165, 1.54) is 16.8 Å². The van der Waals surface area contributed by atoms with Crippen LogP contribution in [0.3, 0.4) is 0 Å². The van der Waals surface area contributed by atoms with Gasteiger partial charge in [0, 0.05) is 12.7 Å². The summed E-state index contributed by atoms with van der Waals surface area (Å²) in [6.07, 6.45) is 6.60. The van der Waals surface area contributed by atoms with E-state index in [0.29, 0.717) is 17.0 Å². The Labute approximate surface area is 194 Å². The van der Waals surface area contributed by atoms with Crippen molar-refractivity contribution in [1.29, 1.82) is 0 Å². The third kappa shape index (κ3) is 5.48. The zero-order valence-corrected chi connectivity index (χ0v) is 20.4. The molecule has 0 aliphatic heterocycles. The van der Waals surface area contributed by atoms with Crippen LogP contribution in [0.15, 0.2) is 57.9 Å². The molecule has 0 spiro atoms. The zero-order chi connectivity index (χ0) is 24.3. The fourth-order valence-electron chi connectivity index (χ4n) is 3.44. The molecule has 0 fully saturated rings. The smallest absolute Gasteiger partial charge is 0.293 e. The number of benzene rings is 2. The summed E-state index contributed by atoms with van der Waals surface area (Å²) in [4.78, 5) is 28.9. The first-order valence-corrected chi connectivity index (χ1v) is 13.0. The van der Waals surface area contributed by atoms with Crippen LogP contribution in [0.4, 0.5) is 5.69 Å². The molecule has 1 atom stereocenters. The molecule has 1 aromatic heterocycles. The average molecular weight is 472 g/mol. The first-order chi connectivity index (χ1) is 15.5. The molecular weight excluding hydrogens is 442 g/mol. The highest BCUT2D eigenvalue weighted by atomic mass is 32.3. The van der Waals surface area contributed by atoms with Crippen LogP contribution in [0.1, 0.15) is 27.7 Å². The number of aryl methyl sites for hydroxylation is 1. The van der Waals surface area contributed by atoms with E-state index >= 15 is 0 Å². The van der Waals surface area contributed by atoms with Crippen molar-refractivity contribution in [2.45, 2.75) is 17.9 Å². The molecule has 0 radical (unpaired) electrons. The second-order valence-corrected chi connectivity index (χ2v) is 12.6. The van der Waals surface area contributed by atoms with E-state index < -0.39 is 33.8 Å². The number of hydrogen-bond donors (Lipinski definition) is 2. The van der Waals surface area contributed by atoms with Gasteiger partial charge in [0.2, 0.25) is 5.76 Å². The van der Waals surface area contributed by atoms with Crippen molar-refractivity contribution >= 4 is 27.5 Å². The van der Waals surface area contributed by atoms with E-state index in [1.54, 1.807) is 25.3 Å². The highest BCUT2D eigenvalue weighted by molar-refractivity contribution is 8.32. The van der Waals surface area contributed by atoms with Gasteiger partial charge in [-0.15, -0.1) is 0 Å². The lowest BCUT2D eigenvalue weighted by Gasteiger charge is -2.28. The Morgan fingerprint density at radius 1 is 1.12 bits per heavy atom. The van der Waals surface area contributed by atoms with Crippen molar-refractivity contribution in [3.63, 3.8) is 0 Å². The summed E-state index contributed by atoms with van der Waals surface area (Å²) in [7, 11) is 2.18. The van der Waals surface area contributed by atoms with Crippen molar-refractivity contribution < 1.29 is 24.0 Å². The van der Waals surface area contributed by atoms with Crippen LogP contribution >= 0.6 is 10.0 Å². The first kappa shape index (κ1) is 24.2. The quantitative estimate of drug-likeness (QED) is 0.535. The number of ether oxygens (including phenoxy) is 1. The van der Waals surface area contributed by atoms with Crippen molar-refractivity contribution in [2.75, 3.05) is 38.2 Å². The maximum absolute atomic E-state index is 13.4. The molecule has 3 aromatic rings. The predicted molar refractivity (Wildman–Crippen MR) is 129 cm³/mol. The molecule has 2 N–H and O–H groups in total. The molecule has 8 nitrogen and oxygen atoms in total. The molecule has 0 aliphatic rings. The number of rotatable bonds is 7. The molecule has 1 heterocycles. The van der Waals surface area contributed by atoms with Gasteiger partial charge < -0.3 is 24.6 Å². The number of anilines is 1. The molecule has 0 aliphatic carbocycles. The lowest BCUT2D eigenvalue weighted by molar-refractivity contribution is -0.120. The van der Waals surface area contributed by atoms with E-state index in [4.69, 9.17) is 9.26 Å². The Morgan fingerprint density at radius 2 is 1.79 bits per heavy atom. The summed E-state index contributed by atoms with van der Waals surface area (Å²) in [6.45, 7) is 1.86. The van der Waals surface area contributed by atoms with Gasteiger partial charge in [-0.3, -0.25) is 9.59 Å². The van der Waals surface area contributed by atoms with E-state index in [1.807, 2.05) is 31.2 Å². The molecule has 3 rings (SSSR count). The Morgan fingerprint density at radius 3 is 2.30 bits per heavy atom. The standard InChI is InChI=1S/C24H29N3O5S/c1-15-13-16(7-12-19(15)31-3)22(27(2)24(30)20-14-21(28)26-32-20)23(29)25-17-8-10-18(11-9-17)33(4,5)6/h7-14,22H,1-6H3,(H,25,29)(H,26,28). The number of methoxy groups -OCH3 is 1. The van der Waals surface area contributed by atoms with Crippen molar-refractivity contribution in [1.82, 2.24) is 10.1 Å². The van der Waals surface area contributed by atoms with E-state index in [0.717, 1.165) is 11.6 Å². The first-order valence-electron chi connectivity index (χ1n) is 10.2. The number of carbonyl (C=O) groups excluding carboxylic acids is 2. The van der Waals surface area contributed by atoms with E-state index in [9.17, 15) is 14.7 Å². The molecule has 0 saturated heterocycles. The minimum atomic E-state index is -0.970. The van der Waals surface area contributed by atoms with E-state index in [2.05, 4.69) is 29.2 Å². The van der Waals surface area contributed by atoms with Gasteiger partial charge in [0.25, 0.3) is 17.7 Å². The third-order valence-electron chi connectivity index (χ3n) is 5.23. The summed E-state index contributed by atoms with van der Waals surface area (Å²) in [5.74, 6) is -0.893. The monoisotopic (exact) mass is 471 g/mol. The highest BCUT2D eigenvalue weighted by Crippen LogP contribution is 2.45. The molecule has 0 bridgehead atoms. The van der Waals surface area contributed by atoms with Crippen LogP contribution < -0.4 is 10.1 Å². The predicted octanol–water partition coefficient (Wildman–Crippen LogP) is 4.20. The summed E-state index contributed by atoms with van der Waals surface area (Å²) in [5.41, 5.74) is 2.05. The Bertz CT molecular complexity index is 1150. The summed E-state index contributed by atoms with van der Waals surface area (Å²) >= 11 is 0. The second-order valence-electron chi connectivity index (χ2n) is 8.45. The molecule has 1 unspecified atom stereocenters. The summed E-state index contributed by atoms with van der Waals surface area (Å²) in [5, 5.41) is 15.7. The van der Waals surface area contributed by atoms with Crippen molar-refractivity contribution in [3.8, 4) is 11.6 Å². The fraction of sp³-hybridized carbons (Fsp3) is 0.292. The van der Waals surface area contributed by atoms with Crippen LogP contribution in [-0.4, -0.2) is 59.9 Å². The largest absolute Gasteiger partial charge is 0.496 e. The average Bonchev–Trinajstić information content (AvgIpc) is 3.19. The number of aromatic hydroxyl groups is 1. The van der Waals surface area contributed by atoms with Gasteiger partial charge in [-0.05, 0) is 83.3 Å². The zero-order valence-electron chi connectivity index (χ0n) is 19.6. The van der Waals surface area contributed by atoms with Crippen LogP contribution in [0.2, 0.25) is 0 Å². The van der Waals surface area contributed by atoms with Crippen molar-refractivity contribution in [2.24, 2.45) is 0 Å².